The minimum atomic E-state index is -5.03. The van der Waals surface area contributed by atoms with Crippen molar-refractivity contribution in [3.63, 3.8) is 0 Å². The Labute approximate surface area is 328 Å². The molecule has 1 saturated heterocycles. The van der Waals surface area contributed by atoms with Crippen LogP contribution in [0.3, 0.4) is 0 Å². The van der Waals surface area contributed by atoms with Gasteiger partial charge in [0.25, 0.3) is 0 Å². The van der Waals surface area contributed by atoms with Crippen LogP contribution in [0.4, 0.5) is 37.0 Å². The van der Waals surface area contributed by atoms with Gasteiger partial charge >= 0.3 is 18.4 Å². The number of carbonyl (C=O) groups excluding carboxylic acids is 2. The van der Waals surface area contributed by atoms with E-state index >= 15 is 0 Å². The smallest absolute Gasteiger partial charge is 0.416 e. The molecule has 55 heavy (non-hydrogen) atoms. The molecule has 2 saturated carbocycles. The molecule has 1 unspecified atom stereocenters. The number of aryl methyl sites for hydroxylation is 2. The summed E-state index contributed by atoms with van der Waals surface area (Å²) in [5, 5.41) is 4.01. The summed E-state index contributed by atoms with van der Waals surface area (Å²) < 4.78 is 93.4. The van der Waals surface area contributed by atoms with Crippen molar-refractivity contribution < 1.29 is 45.2 Å². The zero-order valence-corrected chi connectivity index (χ0v) is 32.9. The summed E-state index contributed by atoms with van der Waals surface area (Å²) in [6, 6.07) is 0.868. The van der Waals surface area contributed by atoms with E-state index in [1.807, 2.05) is 0 Å². The monoisotopic (exact) mass is 901 g/mol. The van der Waals surface area contributed by atoms with E-state index in [1.165, 1.54) is 18.0 Å². The minimum Gasteiger partial charge on any atom is -0.439 e. The van der Waals surface area contributed by atoms with Gasteiger partial charge in [0.05, 0.1) is 53.1 Å². The summed E-state index contributed by atoms with van der Waals surface area (Å²) >= 11 is 6.15. The molecule has 4 aromatic rings. The summed E-state index contributed by atoms with van der Waals surface area (Å²) in [5.41, 5.74) is -0.838. The summed E-state index contributed by atoms with van der Waals surface area (Å²) in [4.78, 5) is 44.5. The Morgan fingerprint density at radius 1 is 0.909 bits per heavy atom. The van der Waals surface area contributed by atoms with Crippen LogP contribution in [-0.2, 0) is 23.6 Å². The average molecular weight is 904 g/mol. The van der Waals surface area contributed by atoms with Crippen LogP contribution in [-0.4, -0.2) is 60.5 Å². The predicted molar refractivity (Wildman–Crippen MR) is 193 cm³/mol. The van der Waals surface area contributed by atoms with Crippen LogP contribution in [0.5, 0.6) is 0 Å². The van der Waals surface area contributed by atoms with Gasteiger partial charge < -0.3 is 14.2 Å². The Bertz CT molecular complexity index is 2000. The first-order valence-electron chi connectivity index (χ1n) is 17.4. The van der Waals surface area contributed by atoms with Gasteiger partial charge in [-0.1, -0.05) is 24.4 Å². The van der Waals surface area contributed by atoms with Gasteiger partial charge in [0.2, 0.25) is 0 Å². The molecule has 3 fully saturated rings. The molecule has 11 nitrogen and oxygen atoms in total. The van der Waals surface area contributed by atoms with Crippen LogP contribution in [0.25, 0.3) is 11.3 Å². The van der Waals surface area contributed by atoms with Gasteiger partial charge in [-0.15, -0.1) is 0 Å². The van der Waals surface area contributed by atoms with Crippen LogP contribution in [0.15, 0.2) is 44.3 Å². The van der Waals surface area contributed by atoms with Gasteiger partial charge in [0, 0.05) is 12.1 Å². The van der Waals surface area contributed by atoms with E-state index in [-0.39, 0.29) is 24.7 Å². The molecule has 0 N–H and O–H groups in total. The van der Waals surface area contributed by atoms with E-state index in [4.69, 9.17) is 19.2 Å². The van der Waals surface area contributed by atoms with Crippen molar-refractivity contribution in [3.05, 3.63) is 79.3 Å². The van der Waals surface area contributed by atoms with Crippen LogP contribution < -0.4 is 4.90 Å². The normalized spacial score (nSPS) is 19.2. The topological polar surface area (TPSA) is 127 Å². The van der Waals surface area contributed by atoms with Crippen molar-refractivity contribution in [2.75, 3.05) is 4.90 Å². The zero-order chi connectivity index (χ0) is 39.8. The van der Waals surface area contributed by atoms with Crippen molar-refractivity contribution in [2.45, 2.75) is 109 Å². The average Bonchev–Trinajstić information content (AvgIpc) is 3.86. The number of aromatic nitrogens is 5. The lowest BCUT2D eigenvalue weighted by Gasteiger charge is -2.37. The van der Waals surface area contributed by atoms with Crippen LogP contribution in [0.2, 0.25) is 0 Å². The zero-order valence-electron chi connectivity index (χ0n) is 29.7. The molecule has 4 heterocycles. The van der Waals surface area contributed by atoms with Crippen molar-refractivity contribution in [3.8, 4) is 11.3 Å². The number of anilines is 1. The Morgan fingerprint density at radius 2 is 1.55 bits per heavy atom. The maximum absolute atomic E-state index is 13.6. The number of hydrogen-bond acceptors (Lipinski definition) is 10. The lowest BCUT2D eigenvalue weighted by molar-refractivity contribution is -0.143. The van der Waals surface area contributed by atoms with Crippen molar-refractivity contribution >= 4 is 50.1 Å². The fraction of sp³-hybridized carbons (Fsp3) is 0.472. The Balaban J connectivity index is 0.000000448. The number of nitrogens with zero attached hydrogens (tertiary/aromatic N) is 7. The third kappa shape index (κ3) is 9.13. The number of carbonyl (C=O) groups is 2. The third-order valence-electron chi connectivity index (χ3n) is 9.75. The first-order chi connectivity index (χ1) is 26.0. The van der Waals surface area contributed by atoms with Crippen molar-refractivity contribution in [1.29, 1.82) is 0 Å². The van der Waals surface area contributed by atoms with Gasteiger partial charge in [-0.25, -0.2) is 24.7 Å². The van der Waals surface area contributed by atoms with Crippen LogP contribution >= 0.6 is 31.9 Å². The van der Waals surface area contributed by atoms with E-state index in [0.717, 1.165) is 44.9 Å². The molecular formula is C36H35Br2F6N7O4. The molecule has 294 valence electrons. The molecule has 1 aromatic carbocycles. The minimum absolute atomic E-state index is 0.0580. The van der Waals surface area contributed by atoms with Gasteiger partial charge in [-0.3, -0.25) is 9.69 Å². The second kappa shape index (κ2) is 16.2. The number of aldehydes is 1. The number of cyclic esters (lactones) is 1. The lowest BCUT2D eigenvalue weighted by Crippen LogP contribution is -2.41. The summed E-state index contributed by atoms with van der Waals surface area (Å²) in [7, 11) is 0. The second-order valence-corrected chi connectivity index (χ2v) is 15.2. The highest BCUT2D eigenvalue weighted by Crippen LogP contribution is 2.43. The molecule has 0 bridgehead atoms. The number of hydrogen-bond donors (Lipinski definition) is 0. The highest BCUT2D eigenvalue weighted by Gasteiger charge is 2.45. The Kier molecular flexibility index (Phi) is 11.9. The third-order valence-corrected chi connectivity index (χ3v) is 10.7. The molecule has 2 aliphatic carbocycles. The SMILES string of the molecule is Cc1noc(C)c1-c1cnc(N(C2CCCCC2)C2CC2)c(CN2C(=O)OC(c3cc(C(F)(F)F)cc(C(F)(F)F)c3)[C@@H]2C)n1.O=Cc1nc(Br)cnc1Br. The standard InChI is InChI=1S/C31H33F6N5O3.C5H2Br2N2O/c1-16-26(18(3)45-40-16)24-14-38-28(42(23-9-10-23)22-7-5-4-6-8-22)25(39-24)15-41-17(2)27(44-29(41)43)19-11-20(30(32,33)34)13-21(12-19)31(35,36)37;6-4-1-8-5(7)3(2-10)9-4/h11-14,17,22-23,27H,4-10,15H2,1-3H3;1-2H/t17-,27?;/m0./s1. The number of rotatable bonds is 8. The summed E-state index contributed by atoms with van der Waals surface area (Å²) in [5.74, 6) is 1.15. The number of halogens is 8. The highest BCUT2D eigenvalue weighted by molar-refractivity contribution is 9.10. The second-order valence-electron chi connectivity index (χ2n) is 13.7. The first-order valence-corrected chi connectivity index (χ1v) is 19.0. The molecule has 0 radical (unpaired) electrons. The van der Waals surface area contributed by atoms with Gasteiger partial charge in [-0.2, -0.15) is 26.3 Å². The van der Waals surface area contributed by atoms with Crippen LogP contribution in [0, 0.1) is 13.8 Å². The van der Waals surface area contributed by atoms with E-state index in [2.05, 4.69) is 51.9 Å². The number of ether oxygens (including phenoxy) is 1. The molecule has 7 rings (SSSR count). The Hall–Kier alpha value is -4.13. The quantitative estimate of drug-likeness (QED) is 0.125. The van der Waals surface area contributed by atoms with E-state index < -0.39 is 47.3 Å². The summed E-state index contributed by atoms with van der Waals surface area (Å²) in [6.45, 7) is 4.94. The fourth-order valence-corrected chi connectivity index (χ4v) is 7.55. The van der Waals surface area contributed by atoms with E-state index in [0.29, 0.717) is 67.5 Å². The predicted octanol–water partition coefficient (Wildman–Crippen LogP) is 9.98. The largest absolute Gasteiger partial charge is 0.439 e. The lowest BCUT2D eigenvalue weighted by atomic mass is 9.94. The molecule has 19 heteroatoms. The Morgan fingerprint density at radius 3 is 2.09 bits per heavy atom. The van der Waals surface area contributed by atoms with Crippen molar-refractivity contribution in [1.82, 2.24) is 30.0 Å². The van der Waals surface area contributed by atoms with Crippen LogP contribution in [0.1, 0.15) is 102 Å². The molecule has 3 aromatic heterocycles. The fourth-order valence-electron chi connectivity index (χ4n) is 6.97. The van der Waals surface area contributed by atoms with E-state index in [9.17, 15) is 35.9 Å². The number of amides is 1. The number of benzene rings is 1. The van der Waals surface area contributed by atoms with Gasteiger partial charge in [0.15, 0.2) is 12.1 Å². The van der Waals surface area contributed by atoms with Gasteiger partial charge in [-0.05, 0) is 102 Å². The first kappa shape index (κ1) is 40.5. The molecule has 0 spiro atoms. The summed E-state index contributed by atoms with van der Waals surface area (Å²) in [6.07, 6.45) is -1.22. The molecule has 1 amide bonds. The molecule has 3 aliphatic rings. The van der Waals surface area contributed by atoms with Gasteiger partial charge in [0.1, 0.15) is 32.5 Å². The molecular weight excluding hydrogens is 868 g/mol. The molecule has 2 atom stereocenters. The highest BCUT2D eigenvalue weighted by atomic mass is 79.9. The van der Waals surface area contributed by atoms with Crippen molar-refractivity contribution in [2.24, 2.45) is 0 Å². The van der Waals surface area contributed by atoms with E-state index in [1.54, 1.807) is 20.0 Å². The number of alkyl halides is 6. The molecule has 1 aliphatic heterocycles. The maximum atomic E-state index is 13.6. The maximum Gasteiger partial charge on any atom is 0.416 e.